The smallest absolute Gasteiger partial charge is 0.350 e. The number of carbonyl (C=O) groups is 1. The van der Waals surface area contributed by atoms with Crippen molar-refractivity contribution in [1.29, 1.82) is 0 Å². The monoisotopic (exact) mass is 256 g/mol. The first-order valence-electron chi connectivity index (χ1n) is 4.94. The molecule has 0 aromatic carbocycles. The molecule has 1 heterocycles. The highest BCUT2D eigenvalue weighted by Crippen LogP contribution is 2.24. The van der Waals surface area contributed by atoms with Crippen LogP contribution < -0.4 is 10.6 Å². The van der Waals surface area contributed by atoms with Crippen LogP contribution >= 0.6 is 23.6 Å². The van der Waals surface area contributed by atoms with Gasteiger partial charge in [-0.2, -0.15) is 0 Å². The van der Waals surface area contributed by atoms with Crippen LogP contribution in [0.2, 0.25) is 0 Å². The Labute approximate surface area is 103 Å². The van der Waals surface area contributed by atoms with E-state index in [1.165, 1.54) is 18.4 Å². The second kappa shape index (κ2) is 4.80. The summed E-state index contributed by atoms with van der Waals surface area (Å²) in [7, 11) is 1.37. The second-order valence-corrected chi connectivity index (χ2v) is 4.85. The minimum absolute atomic E-state index is 0.341. The van der Waals surface area contributed by atoms with E-state index in [4.69, 9.17) is 12.2 Å². The number of hydrogen-bond acceptors (Lipinski definition) is 4. The predicted molar refractivity (Wildman–Crippen MR) is 68.0 cm³/mol. The molecule has 2 N–H and O–H groups in total. The number of nitrogens with one attached hydrogen (secondary N) is 2. The highest BCUT2D eigenvalue weighted by atomic mass is 32.1. The van der Waals surface area contributed by atoms with E-state index in [-0.39, 0.29) is 5.97 Å². The van der Waals surface area contributed by atoms with Crippen molar-refractivity contribution in [1.82, 2.24) is 5.32 Å². The van der Waals surface area contributed by atoms with Gasteiger partial charge in [0.05, 0.1) is 12.8 Å². The van der Waals surface area contributed by atoms with E-state index >= 15 is 0 Å². The first kappa shape index (κ1) is 11.3. The molecule has 2 rings (SSSR count). The lowest BCUT2D eigenvalue weighted by molar-refractivity contribution is 0.0607. The number of thiophene rings is 1. The van der Waals surface area contributed by atoms with Crippen LogP contribution in [0.1, 0.15) is 22.5 Å². The molecule has 1 aromatic heterocycles. The summed E-state index contributed by atoms with van der Waals surface area (Å²) in [5, 5.41) is 8.54. The summed E-state index contributed by atoms with van der Waals surface area (Å²) in [6.45, 7) is 0. The normalized spacial score (nSPS) is 14.3. The molecule has 0 atom stereocenters. The SMILES string of the molecule is COC(=O)c1sccc1NC(=S)NC1CC1. The maximum absolute atomic E-state index is 11.4. The minimum Gasteiger partial charge on any atom is -0.465 e. The molecule has 0 spiro atoms. The molecule has 16 heavy (non-hydrogen) atoms. The highest BCUT2D eigenvalue weighted by Gasteiger charge is 2.22. The van der Waals surface area contributed by atoms with Crippen LogP contribution in [0.15, 0.2) is 11.4 Å². The number of esters is 1. The molecule has 6 heteroatoms. The van der Waals surface area contributed by atoms with Crippen molar-refractivity contribution < 1.29 is 9.53 Å². The van der Waals surface area contributed by atoms with Gasteiger partial charge in [-0.15, -0.1) is 11.3 Å². The Morgan fingerprint density at radius 1 is 1.62 bits per heavy atom. The largest absolute Gasteiger partial charge is 0.465 e. The molecule has 0 unspecified atom stereocenters. The summed E-state index contributed by atoms with van der Waals surface area (Å²) in [5.74, 6) is -0.341. The van der Waals surface area contributed by atoms with E-state index in [1.807, 2.05) is 11.4 Å². The first-order valence-corrected chi connectivity index (χ1v) is 6.23. The van der Waals surface area contributed by atoms with Gasteiger partial charge in [-0.05, 0) is 36.5 Å². The van der Waals surface area contributed by atoms with Gasteiger partial charge in [0.2, 0.25) is 0 Å². The Balaban J connectivity index is 1.99. The molecular formula is C10H12N2O2S2. The van der Waals surface area contributed by atoms with Gasteiger partial charge in [0.1, 0.15) is 4.88 Å². The predicted octanol–water partition coefficient (Wildman–Crippen LogP) is 1.98. The van der Waals surface area contributed by atoms with Crippen molar-refractivity contribution in [3.05, 3.63) is 16.3 Å². The van der Waals surface area contributed by atoms with Gasteiger partial charge < -0.3 is 15.4 Å². The van der Waals surface area contributed by atoms with Crippen LogP contribution in [0.25, 0.3) is 0 Å². The van der Waals surface area contributed by atoms with E-state index in [2.05, 4.69) is 15.4 Å². The van der Waals surface area contributed by atoms with Gasteiger partial charge in [0.15, 0.2) is 5.11 Å². The molecule has 86 valence electrons. The van der Waals surface area contributed by atoms with E-state index in [0.29, 0.717) is 21.7 Å². The fraction of sp³-hybridized carbons (Fsp3) is 0.400. The number of rotatable bonds is 3. The zero-order chi connectivity index (χ0) is 11.5. The van der Waals surface area contributed by atoms with Crippen LogP contribution in [0.4, 0.5) is 5.69 Å². The van der Waals surface area contributed by atoms with Gasteiger partial charge >= 0.3 is 5.97 Å². The molecule has 4 nitrogen and oxygen atoms in total. The van der Waals surface area contributed by atoms with Crippen molar-refractivity contribution in [2.24, 2.45) is 0 Å². The van der Waals surface area contributed by atoms with Crippen molar-refractivity contribution in [3.63, 3.8) is 0 Å². The minimum atomic E-state index is -0.341. The number of ether oxygens (including phenoxy) is 1. The van der Waals surface area contributed by atoms with Crippen LogP contribution in [0.3, 0.4) is 0 Å². The van der Waals surface area contributed by atoms with Crippen molar-refractivity contribution >= 4 is 40.3 Å². The summed E-state index contributed by atoms with van der Waals surface area (Å²) in [5.41, 5.74) is 0.704. The van der Waals surface area contributed by atoms with E-state index in [0.717, 1.165) is 12.8 Å². The van der Waals surface area contributed by atoms with Crippen LogP contribution in [-0.4, -0.2) is 24.2 Å². The number of hydrogen-bond donors (Lipinski definition) is 2. The molecule has 1 aromatic rings. The lowest BCUT2D eigenvalue weighted by Crippen LogP contribution is -2.30. The molecule has 0 amide bonds. The number of anilines is 1. The fourth-order valence-electron chi connectivity index (χ4n) is 1.23. The Bertz CT molecular complexity index is 413. The van der Waals surface area contributed by atoms with Crippen LogP contribution in [-0.2, 0) is 4.74 Å². The first-order chi connectivity index (χ1) is 7.70. The summed E-state index contributed by atoms with van der Waals surface area (Å²) in [6, 6.07) is 2.32. The van der Waals surface area contributed by atoms with Gasteiger partial charge in [-0.25, -0.2) is 4.79 Å². The van der Waals surface area contributed by atoms with Gasteiger partial charge in [-0.1, -0.05) is 0 Å². The Hall–Kier alpha value is -1.14. The summed E-state index contributed by atoms with van der Waals surface area (Å²) in [4.78, 5) is 11.9. The van der Waals surface area contributed by atoms with Crippen LogP contribution in [0, 0.1) is 0 Å². The number of methoxy groups -OCH3 is 1. The molecule has 0 saturated heterocycles. The maximum atomic E-state index is 11.4. The zero-order valence-electron chi connectivity index (χ0n) is 8.78. The molecule has 1 aliphatic carbocycles. The van der Waals surface area contributed by atoms with Crippen LogP contribution in [0.5, 0.6) is 0 Å². The second-order valence-electron chi connectivity index (χ2n) is 3.53. The standard InChI is InChI=1S/C10H12N2O2S2/c1-14-9(13)8-7(4-5-16-8)12-10(15)11-6-2-3-6/h4-6H,2-3H2,1H3,(H2,11,12,15). The van der Waals surface area contributed by atoms with Gasteiger partial charge in [0, 0.05) is 6.04 Å². The summed E-state index contributed by atoms with van der Waals surface area (Å²) < 4.78 is 4.68. The average Bonchev–Trinajstić information content (AvgIpc) is 2.94. The van der Waals surface area contributed by atoms with E-state index < -0.39 is 0 Å². The summed E-state index contributed by atoms with van der Waals surface area (Å²) in [6.07, 6.45) is 2.32. The zero-order valence-corrected chi connectivity index (χ0v) is 10.4. The third kappa shape index (κ3) is 2.70. The molecule has 1 saturated carbocycles. The fourth-order valence-corrected chi connectivity index (χ4v) is 2.27. The molecule has 0 radical (unpaired) electrons. The topological polar surface area (TPSA) is 50.4 Å². The van der Waals surface area contributed by atoms with Gasteiger partial charge in [-0.3, -0.25) is 0 Å². The lowest BCUT2D eigenvalue weighted by Gasteiger charge is -2.09. The summed E-state index contributed by atoms with van der Waals surface area (Å²) >= 11 is 6.47. The Kier molecular flexibility index (Phi) is 3.40. The highest BCUT2D eigenvalue weighted by molar-refractivity contribution is 7.80. The van der Waals surface area contributed by atoms with Crippen molar-refractivity contribution in [2.45, 2.75) is 18.9 Å². The molecule has 1 fully saturated rings. The quantitative estimate of drug-likeness (QED) is 0.640. The maximum Gasteiger partial charge on any atom is 0.350 e. The van der Waals surface area contributed by atoms with Crippen molar-refractivity contribution in [2.75, 3.05) is 12.4 Å². The van der Waals surface area contributed by atoms with E-state index in [9.17, 15) is 4.79 Å². The lowest BCUT2D eigenvalue weighted by atomic mass is 10.4. The van der Waals surface area contributed by atoms with E-state index in [1.54, 1.807) is 0 Å². The number of thiocarbonyl (C=S) groups is 1. The van der Waals surface area contributed by atoms with Crippen molar-refractivity contribution in [3.8, 4) is 0 Å². The Morgan fingerprint density at radius 3 is 3.00 bits per heavy atom. The molecule has 1 aliphatic rings. The van der Waals surface area contributed by atoms with Gasteiger partial charge in [0.25, 0.3) is 0 Å². The third-order valence-electron chi connectivity index (χ3n) is 2.20. The Morgan fingerprint density at radius 2 is 2.38 bits per heavy atom. The molecule has 0 aliphatic heterocycles. The average molecular weight is 256 g/mol. The third-order valence-corrected chi connectivity index (χ3v) is 3.31. The molecule has 0 bridgehead atoms. The number of carbonyl (C=O) groups excluding carboxylic acids is 1. The molecular weight excluding hydrogens is 244 g/mol.